The van der Waals surface area contributed by atoms with Gasteiger partial charge in [0.15, 0.2) is 11.4 Å². The lowest BCUT2D eigenvalue weighted by Crippen LogP contribution is -2.52. The summed E-state index contributed by atoms with van der Waals surface area (Å²) in [5.41, 5.74) is -0.554. The number of allylic oxidation sites excluding steroid dienone is 1. The van der Waals surface area contributed by atoms with E-state index in [1.54, 1.807) is 0 Å². The second kappa shape index (κ2) is 4.22. The number of aliphatic hydroxyl groups is 2. The summed E-state index contributed by atoms with van der Waals surface area (Å²) in [5.74, 6) is 0.397. The summed E-state index contributed by atoms with van der Waals surface area (Å²) >= 11 is 0. The molecule has 2 N–H and O–H groups in total. The highest BCUT2D eigenvalue weighted by atomic mass is 16.6. The fourth-order valence-electron chi connectivity index (χ4n) is 4.67. The van der Waals surface area contributed by atoms with E-state index in [4.69, 9.17) is 9.47 Å². The van der Waals surface area contributed by atoms with E-state index in [2.05, 4.69) is 6.58 Å². The minimum absolute atomic E-state index is 0.00352. The second-order valence-corrected chi connectivity index (χ2v) is 7.51. The van der Waals surface area contributed by atoms with E-state index in [0.29, 0.717) is 24.2 Å². The number of ketones is 1. The number of aliphatic hydroxyl groups excluding tert-OH is 1. The monoisotopic (exact) mass is 306 g/mol. The first-order chi connectivity index (χ1) is 10.3. The average molecular weight is 306 g/mol. The van der Waals surface area contributed by atoms with E-state index < -0.39 is 17.3 Å². The van der Waals surface area contributed by atoms with E-state index in [-0.39, 0.29) is 36.8 Å². The van der Waals surface area contributed by atoms with Crippen LogP contribution >= 0.6 is 0 Å². The highest BCUT2D eigenvalue weighted by molar-refractivity contribution is 6.04. The van der Waals surface area contributed by atoms with Crippen molar-refractivity contribution in [3.8, 4) is 0 Å². The zero-order chi connectivity index (χ0) is 15.9. The molecule has 2 aliphatic carbocycles. The minimum Gasteiger partial charge on any atom is -0.486 e. The lowest BCUT2D eigenvalue weighted by Gasteiger charge is -2.45. The molecular formula is C17H22O5. The Bertz CT molecular complexity index is 608. The lowest BCUT2D eigenvalue weighted by molar-refractivity contribution is -0.140. The van der Waals surface area contributed by atoms with Gasteiger partial charge in [-0.15, -0.1) is 0 Å². The van der Waals surface area contributed by atoms with Gasteiger partial charge >= 0.3 is 0 Å². The van der Waals surface area contributed by atoms with Crippen molar-refractivity contribution in [3.05, 3.63) is 23.5 Å². The van der Waals surface area contributed by atoms with Gasteiger partial charge in [-0.25, -0.2) is 0 Å². The molecule has 1 saturated heterocycles. The Morgan fingerprint density at radius 3 is 2.86 bits per heavy atom. The van der Waals surface area contributed by atoms with E-state index in [1.165, 1.54) is 0 Å². The van der Waals surface area contributed by atoms with Crippen molar-refractivity contribution in [1.29, 1.82) is 0 Å². The first kappa shape index (κ1) is 14.4. The van der Waals surface area contributed by atoms with Gasteiger partial charge in [0.1, 0.15) is 17.5 Å². The maximum Gasteiger partial charge on any atom is 0.196 e. The molecule has 4 aliphatic rings. The molecule has 6 atom stereocenters. The molecule has 5 nitrogen and oxygen atoms in total. The van der Waals surface area contributed by atoms with Gasteiger partial charge in [0, 0.05) is 17.9 Å². The Morgan fingerprint density at radius 1 is 1.45 bits per heavy atom. The van der Waals surface area contributed by atoms with Crippen LogP contribution in [-0.4, -0.2) is 46.0 Å². The Hall–Kier alpha value is -1.17. The molecule has 2 bridgehead atoms. The van der Waals surface area contributed by atoms with Crippen LogP contribution in [0.3, 0.4) is 0 Å². The zero-order valence-corrected chi connectivity index (χ0v) is 13.0. The predicted octanol–water partition coefficient (Wildman–Crippen LogP) is 1.10. The molecule has 0 aromatic carbocycles. The normalized spacial score (nSPS) is 49.7. The van der Waals surface area contributed by atoms with E-state index in [1.807, 2.05) is 13.8 Å². The van der Waals surface area contributed by atoms with Crippen LogP contribution in [0.1, 0.15) is 33.1 Å². The minimum atomic E-state index is -1.39. The molecule has 2 aliphatic heterocycles. The number of ether oxygens (including phenoxy) is 2. The Kier molecular flexibility index (Phi) is 2.77. The first-order valence-corrected chi connectivity index (χ1v) is 7.90. The highest BCUT2D eigenvalue weighted by Crippen LogP contribution is 2.55. The number of carbonyl (C=O) groups excluding carboxylic acids is 1. The molecule has 0 spiro atoms. The summed E-state index contributed by atoms with van der Waals surface area (Å²) in [7, 11) is 0. The third-order valence-corrected chi connectivity index (χ3v) is 6.08. The Balaban J connectivity index is 1.78. The summed E-state index contributed by atoms with van der Waals surface area (Å²) in [4.78, 5) is 12.6. The van der Waals surface area contributed by atoms with Crippen molar-refractivity contribution >= 4 is 5.78 Å². The molecule has 0 amide bonds. The van der Waals surface area contributed by atoms with E-state index in [9.17, 15) is 15.0 Å². The average Bonchev–Trinajstić information content (AvgIpc) is 2.94. The van der Waals surface area contributed by atoms with Crippen molar-refractivity contribution in [2.24, 2.45) is 11.8 Å². The van der Waals surface area contributed by atoms with Gasteiger partial charge in [-0.05, 0) is 32.6 Å². The standard InChI is InChI=1S/C17H22O5/c1-8(2)9-5-13(18)16(3)11(9)4-10-14(22-16)12-6-17(20,7-21-12)15(10)19/h9,11-13,18,20H,1,4-7H2,2-3H3/t9-,11-,12-,13-,16-,17+/m0/s1. The molecule has 120 valence electrons. The number of carbonyl (C=O) groups is 1. The summed E-state index contributed by atoms with van der Waals surface area (Å²) < 4.78 is 11.7. The summed E-state index contributed by atoms with van der Waals surface area (Å²) in [6, 6.07) is 0. The van der Waals surface area contributed by atoms with Crippen molar-refractivity contribution in [3.63, 3.8) is 0 Å². The van der Waals surface area contributed by atoms with Crippen molar-refractivity contribution in [1.82, 2.24) is 0 Å². The van der Waals surface area contributed by atoms with Gasteiger partial charge in [-0.1, -0.05) is 12.2 Å². The van der Waals surface area contributed by atoms with E-state index >= 15 is 0 Å². The number of rotatable bonds is 1. The van der Waals surface area contributed by atoms with Gasteiger partial charge in [0.05, 0.1) is 12.7 Å². The SMILES string of the molecule is C=C(C)[C@@H]1C[C@H](O)[C@@]2(C)OC3=C(C[C@@H]12)C(=O)[C@]1(O)CO[C@H]3C1. The molecule has 2 heterocycles. The van der Waals surface area contributed by atoms with Crippen LogP contribution in [0, 0.1) is 11.8 Å². The van der Waals surface area contributed by atoms with Gasteiger partial charge in [0.25, 0.3) is 0 Å². The summed E-state index contributed by atoms with van der Waals surface area (Å²) in [6.45, 7) is 7.93. The van der Waals surface area contributed by atoms with Gasteiger partial charge in [-0.2, -0.15) is 0 Å². The van der Waals surface area contributed by atoms with Crippen LogP contribution in [0.2, 0.25) is 0 Å². The molecule has 0 aromatic heterocycles. The van der Waals surface area contributed by atoms with Crippen LogP contribution in [0.15, 0.2) is 23.5 Å². The van der Waals surface area contributed by atoms with Crippen molar-refractivity contribution in [2.75, 3.05) is 6.61 Å². The highest BCUT2D eigenvalue weighted by Gasteiger charge is 2.62. The van der Waals surface area contributed by atoms with Crippen LogP contribution in [-0.2, 0) is 14.3 Å². The second-order valence-electron chi connectivity index (χ2n) is 7.51. The van der Waals surface area contributed by atoms with Crippen LogP contribution in [0.4, 0.5) is 0 Å². The molecule has 0 unspecified atom stereocenters. The molecule has 4 rings (SSSR count). The molecule has 0 aromatic rings. The largest absolute Gasteiger partial charge is 0.486 e. The molecule has 2 fully saturated rings. The number of hydrogen-bond donors (Lipinski definition) is 2. The van der Waals surface area contributed by atoms with Gasteiger partial charge in [-0.3, -0.25) is 4.79 Å². The number of hydrogen-bond acceptors (Lipinski definition) is 5. The number of fused-ring (bicyclic) bond motifs is 4. The molecule has 5 heteroatoms. The van der Waals surface area contributed by atoms with Crippen molar-refractivity contribution < 1.29 is 24.5 Å². The van der Waals surface area contributed by atoms with E-state index in [0.717, 1.165) is 5.57 Å². The van der Waals surface area contributed by atoms with Gasteiger partial charge < -0.3 is 19.7 Å². The van der Waals surface area contributed by atoms with Crippen LogP contribution < -0.4 is 0 Å². The topological polar surface area (TPSA) is 76.0 Å². The quantitative estimate of drug-likeness (QED) is 0.709. The molecular weight excluding hydrogens is 284 g/mol. The fourth-order valence-corrected chi connectivity index (χ4v) is 4.67. The predicted molar refractivity (Wildman–Crippen MR) is 77.9 cm³/mol. The lowest BCUT2D eigenvalue weighted by atomic mass is 9.72. The third-order valence-electron chi connectivity index (χ3n) is 6.08. The Labute approximate surface area is 129 Å². The van der Waals surface area contributed by atoms with Crippen LogP contribution in [0.25, 0.3) is 0 Å². The zero-order valence-electron chi connectivity index (χ0n) is 13.0. The number of Topliss-reactive ketones (excluding diaryl/α,β-unsaturated/α-hetero) is 1. The fraction of sp³-hybridized carbons (Fsp3) is 0.706. The third kappa shape index (κ3) is 1.62. The summed E-state index contributed by atoms with van der Waals surface area (Å²) in [6.07, 6.45) is 0.408. The van der Waals surface area contributed by atoms with Crippen molar-refractivity contribution in [2.45, 2.75) is 56.5 Å². The summed E-state index contributed by atoms with van der Waals surface area (Å²) in [5, 5.41) is 20.9. The molecule has 1 saturated carbocycles. The smallest absolute Gasteiger partial charge is 0.196 e. The first-order valence-electron chi connectivity index (χ1n) is 7.90. The van der Waals surface area contributed by atoms with Gasteiger partial charge in [0.2, 0.25) is 0 Å². The maximum atomic E-state index is 12.6. The molecule has 0 radical (unpaired) electrons. The molecule has 22 heavy (non-hydrogen) atoms. The van der Waals surface area contributed by atoms with Crippen LogP contribution in [0.5, 0.6) is 0 Å². The Morgan fingerprint density at radius 2 is 2.18 bits per heavy atom. The maximum absolute atomic E-state index is 12.6.